The molecule has 76 valence electrons. The first-order valence-corrected chi connectivity index (χ1v) is 4.24. The van der Waals surface area contributed by atoms with Gasteiger partial charge in [0, 0.05) is 0 Å². The van der Waals surface area contributed by atoms with Crippen molar-refractivity contribution in [1.82, 2.24) is 0 Å². The second kappa shape index (κ2) is 3.66. The Morgan fingerprint density at radius 3 is 2.36 bits per heavy atom. The quantitative estimate of drug-likeness (QED) is 0.374. The molecular weight excluding hydrogens is 287 g/mol. The minimum Gasteiger partial charge on any atom is -0.501 e. The molecule has 0 amide bonds. The van der Waals surface area contributed by atoms with E-state index in [1.165, 1.54) is 0 Å². The summed E-state index contributed by atoms with van der Waals surface area (Å²) in [6, 6.07) is 0. The summed E-state index contributed by atoms with van der Waals surface area (Å²) < 4.78 is 25.2. The average Bonchev–Trinajstić information content (AvgIpc) is 2.11. The van der Waals surface area contributed by atoms with E-state index in [-0.39, 0.29) is 0 Å². The molecule has 0 atom stereocenters. The van der Waals surface area contributed by atoms with Gasteiger partial charge in [-0.1, -0.05) is 11.6 Å². The molecule has 0 aliphatic carbocycles. The molecule has 4 nitrogen and oxygen atoms in total. The van der Waals surface area contributed by atoms with Gasteiger partial charge in [-0.15, -0.1) is 0 Å². The number of aromatic hydroxyl groups is 1. The molecule has 0 aliphatic rings. The Labute approximate surface area is 89.4 Å². The van der Waals surface area contributed by atoms with E-state index in [2.05, 4.69) is 15.9 Å². The van der Waals surface area contributed by atoms with Crippen LogP contribution in [-0.2, 0) is 0 Å². The fourth-order valence-electron chi connectivity index (χ4n) is 0.775. The number of nitro benzene ring substituents is 1. The van der Waals surface area contributed by atoms with Crippen molar-refractivity contribution < 1.29 is 18.8 Å². The third-order valence-electron chi connectivity index (χ3n) is 1.40. The van der Waals surface area contributed by atoms with Crippen LogP contribution in [0.5, 0.6) is 5.75 Å². The van der Waals surface area contributed by atoms with Crippen LogP contribution in [0.15, 0.2) is 4.47 Å². The SMILES string of the molecule is O=[N+]([O-])c1c(O)c(Br)c(F)c(Cl)c1F. The summed E-state index contributed by atoms with van der Waals surface area (Å²) in [6.45, 7) is 0. The van der Waals surface area contributed by atoms with Gasteiger partial charge in [-0.05, 0) is 15.9 Å². The van der Waals surface area contributed by atoms with Crippen molar-refractivity contribution in [2.24, 2.45) is 0 Å². The maximum Gasteiger partial charge on any atom is 0.348 e. The molecule has 0 spiro atoms. The fourth-order valence-corrected chi connectivity index (χ4v) is 1.46. The number of hydrogen-bond acceptors (Lipinski definition) is 3. The molecule has 0 aromatic heterocycles. The average molecular weight is 288 g/mol. The van der Waals surface area contributed by atoms with Crippen LogP contribution in [0.2, 0.25) is 5.02 Å². The van der Waals surface area contributed by atoms with Gasteiger partial charge >= 0.3 is 5.69 Å². The van der Waals surface area contributed by atoms with Crippen LogP contribution >= 0.6 is 27.5 Å². The van der Waals surface area contributed by atoms with Crippen molar-refractivity contribution in [3.05, 3.63) is 31.2 Å². The van der Waals surface area contributed by atoms with Gasteiger partial charge in [0.1, 0.15) is 9.50 Å². The number of phenolic OH excluding ortho intramolecular Hbond substituents is 1. The van der Waals surface area contributed by atoms with Crippen LogP contribution < -0.4 is 0 Å². The highest BCUT2D eigenvalue weighted by Gasteiger charge is 2.30. The molecule has 0 radical (unpaired) electrons. The maximum absolute atomic E-state index is 13.0. The molecule has 1 aromatic carbocycles. The molecule has 0 saturated heterocycles. The number of nitro groups is 1. The summed E-state index contributed by atoms with van der Waals surface area (Å²) in [5.41, 5.74) is -1.26. The zero-order valence-electron chi connectivity index (χ0n) is 6.22. The van der Waals surface area contributed by atoms with E-state index < -0.39 is 37.5 Å². The van der Waals surface area contributed by atoms with Gasteiger partial charge in [0.05, 0.1) is 4.92 Å². The lowest BCUT2D eigenvalue weighted by atomic mass is 10.2. The van der Waals surface area contributed by atoms with Crippen molar-refractivity contribution in [3.63, 3.8) is 0 Å². The van der Waals surface area contributed by atoms with Gasteiger partial charge in [-0.3, -0.25) is 10.1 Å². The zero-order valence-corrected chi connectivity index (χ0v) is 8.56. The number of benzene rings is 1. The van der Waals surface area contributed by atoms with Gasteiger partial charge in [-0.2, -0.15) is 4.39 Å². The molecule has 0 saturated carbocycles. The highest BCUT2D eigenvalue weighted by Crippen LogP contribution is 2.42. The number of hydrogen-bond donors (Lipinski definition) is 1. The van der Waals surface area contributed by atoms with Gasteiger partial charge in [0.15, 0.2) is 5.82 Å². The van der Waals surface area contributed by atoms with Crippen LogP contribution in [0.25, 0.3) is 0 Å². The maximum atomic E-state index is 13.0. The van der Waals surface area contributed by atoms with E-state index in [1.54, 1.807) is 0 Å². The van der Waals surface area contributed by atoms with E-state index in [4.69, 9.17) is 16.7 Å². The molecule has 0 unspecified atom stereocenters. The molecule has 0 aliphatic heterocycles. The first kappa shape index (κ1) is 11.1. The van der Waals surface area contributed by atoms with Crippen LogP contribution in [0.4, 0.5) is 14.5 Å². The lowest BCUT2D eigenvalue weighted by Crippen LogP contribution is -1.97. The van der Waals surface area contributed by atoms with E-state index in [9.17, 15) is 18.9 Å². The number of phenols is 1. The van der Waals surface area contributed by atoms with E-state index in [1.807, 2.05) is 0 Å². The molecule has 1 aromatic rings. The zero-order chi connectivity index (χ0) is 11.0. The van der Waals surface area contributed by atoms with Gasteiger partial charge < -0.3 is 5.11 Å². The number of halogens is 4. The number of rotatable bonds is 1. The second-order valence-corrected chi connectivity index (χ2v) is 3.38. The molecule has 0 bridgehead atoms. The molecule has 8 heteroatoms. The summed E-state index contributed by atoms with van der Waals surface area (Å²) in [5.74, 6) is -4.02. The van der Waals surface area contributed by atoms with Crippen LogP contribution in [-0.4, -0.2) is 10.0 Å². The Bertz CT molecular complexity index is 397. The van der Waals surface area contributed by atoms with Gasteiger partial charge in [0.2, 0.25) is 11.6 Å². The summed E-state index contributed by atoms with van der Waals surface area (Å²) in [7, 11) is 0. The Kier molecular flexibility index (Phi) is 2.91. The second-order valence-electron chi connectivity index (χ2n) is 2.21. The summed E-state index contributed by atoms with van der Waals surface area (Å²) in [6.07, 6.45) is 0. The van der Waals surface area contributed by atoms with Crippen LogP contribution in [0, 0.1) is 21.7 Å². The summed E-state index contributed by atoms with van der Waals surface area (Å²) in [4.78, 5) is 9.07. The third-order valence-corrected chi connectivity index (χ3v) is 2.46. The lowest BCUT2D eigenvalue weighted by molar-refractivity contribution is -0.388. The molecule has 1 N–H and O–H groups in total. The molecule has 14 heavy (non-hydrogen) atoms. The molecule has 0 fully saturated rings. The molecular formula is C6HBrClF2NO3. The number of nitrogens with zero attached hydrogens (tertiary/aromatic N) is 1. The van der Waals surface area contributed by atoms with Crippen molar-refractivity contribution in [2.45, 2.75) is 0 Å². The molecule has 0 heterocycles. The van der Waals surface area contributed by atoms with Crippen molar-refractivity contribution in [3.8, 4) is 5.75 Å². The largest absolute Gasteiger partial charge is 0.501 e. The van der Waals surface area contributed by atoms with Crippen molar-refractivity contribution in [1.29, 1.82) is 0 Å². The monoisotopic (exact) mass is 287 g/mol. The minimum absolute atomic E-state index is 0.643. The van der Waals surface area contributed by atoms with Crippen molar-refractivity contribution in [2.75, 3.05) is 0 Å². The van der Waals surface area contributed by atoms with Crippen molar-refractivity contribution >= 4 is 33.2 Å². The normalized spacial score (nSPS) is 10.3. The Balaban J connectivity index is 3.68. The van der Waals surface area contributed by atoms with E-state index in [0.29, 0.717) is 0 Å². The van der Waals surface area contributed by atoms with Crippen LogP contribution in [0.3, 0.4) is 0 Å². The summed E-state index contributed by atoms with van der Waals surface area (Å²) >= 11 is 7.61. The predicted octanol–water partition coefficient (Wildman–Crippen LogP) is 2.99. The van der Waals surface area contributed by atoms with Gasteiger partial charge in [0.25, 0.3) is 0 Å². The fraction of sp³-hybridized carbons (Fsp3) is 0. The van der Waals surface area contributed by atoms with E-state index in [0.717, 1.165) is 0 Å². The Morgan fingerprint density at radius 2 is 1.93 bits per heavy atom. The van der Waals surface area contributed by atoms with Crippen LogP contribution in [0.1, 0.15) is 0 Å². The highest BCUT2D eigenvalue weighted by atomic mass is 79.9. The first-order valence-electron chi connectivity index (χ1n) is 3.07. The summed E-state index contributed by atoms with van der Waals surface area (Å²) in [5, 5.41) is 18.2. The molecule has 1 rings (SSSR count). The predicted molar refractivity (Wildman–Crippen MR) is 47.4 cm³/mol. The Morgan fingerprint density at radius 1 is 1.43 bits per heavy atom. The third kappa shape index (κ3) is 1.53. The Hall–Kier alpha value is -0.950. The smallest absolute Gasteiger partial charge is 0.348 e. The highest BCUT2D eigenvalue weighted by molar-refractivity contribution is 9.10. The standard InChI is InChI=1S/C6HBrClF2NO3/c7-1-3(9)2(8)4(10)5(6(1)12)11(13)14/h12H. The topological polar surface area (TPSA) is 63.4 Å². The minimum atomic E-state index is -1.60. The first-order chi connectivity index (χ1) is 6.37. The van der Waals surface area contributed by atoms with E-state index >= 15 is 0 Å². The van der Waals surface area contributed by atoms with Gasteiger partial charge in [-0.25, -0.2) is 4.39 Å². The lowest BCUT2D eigenvalue weighted by Gasteiger charge is -2.03.